The lowest BCUT2D eigenvalue weighted by Gasteiger charge is -2.17. The summed E-state index contributed by atoms with van der Waals surface area (Å²) in [6.07, 6.45) is 0.638. The largest absolute Gasteiger partial charge is 0.493 e. The minimum atomic E-state index is -0.655. The van der Waals surface area contributed by atoms with Crippen LogP contribution in [0.1, 0.15) is 45.6 Å². The fraction of sp³-hybridized carbons (Fsp3) is 0.571. The Morgan fingerprint density at radius 1 is 1.19 bits per heavy atom. The third-order valence-corrected chi connectivity index (χ3v) is 2.53. The summed E-state index contributed by atoms with van der Waals surface area (Å²) in [7, 11) is 0. The van der Waals surface area contributed by atoms with Crippen molar-refractivity contribution in [3.63, 3.8) is 0 Å². The Hall–Kier alpha value is -1.02. The Balaban J connectivity index is 2.44. The normalized spacial score (nSPS) is 11.9. The molecule has 2 nitrogen and oxygen atoms in total. The molecule has 90 valence electrons. The van der Waals surface area contributed by atoms with Crippen LogP contribution in [0.25, 0.3) is 0 Å². The molecule has 0 atom stereocenters. The highest BCUT2D eigenvalue weighted by Gasteiger charge is 2.11. The van der Waals surface area contributed by atoms with Crippen molar-refractivity contribution in [2.75, 3.05) is 6.61 Å². The minimum absolute atomic E-state index is 0.546. The number of aliphatic hydroxyl groups is 1. The Morgan fingerprint density at radius 2 is 1.75 bits per heavy atom. The van der Waals surface area contributed by atoms with Crippen LogP contribution in [0, 0.1) is 0 Å². The zero-order valence-electron chi connectivity index (χ0n) is 10.7. The van der Waals surface area contributed by atoms with Crippen LogP contribution in [0.3, 0.4) is 0 Å². The first-order valence-corrected chi connectivity index (χ1v) is 5.83. The number of hydrogen-bond donors (Lipinski definition) is 1. The molecule has 0 saturated carbocycles. The van der Waals surface area contributed by atoms with E-state index >= 15 is 0 Å². The van der Waals surface area contributed by atoms with Crippen LogP contribution in [0.5, 0.6) is 5.75 Å². The van der Waals surface area contributed by atoms with Gasteiger partial charge in [-0.3, -0.25) is 0 Å². The van der Waals surface area contributed by atoms with E-state index in [4.69, 9.17) is 4.74 Å². The fourth-order valence-corrected chi connectivity index (χ4v) is 1.37. The summed E-state index contributed by atoms with van der Waals surface area (Å²) in [5.74, 6) is 1.42. The van der Waals surface area contributed by atoms with Gasteiger partial charge in [-0.1, -0.05) is 26.0 Å². The standard InChI is InChI=1S/C14H22O2/c1-11(2)12-5-7-13(8-6-12)16-10-9-14(3,4)15/h5-8,11,15H,9-10H2,1-4H3. The molecule has 0 aliphatic rings. The van der Waals surface area contributed by atoms with Gasteiger partial charge in [0.25, 0.3) is 0 Å². The van der Waals surface area contributed by atoms with E-state index in [0.717, 1.165) is 5.75 Å². The van der Waals surface area contributed by atoms with Gasteiger partial charge in [-0.05, 0) is 37.5 Å². The molecule has 0 radical (unpaired) electrons. The molecule has 1 aromatic carbocycles. The Bertz CT molecular complexity index is 307. The number of rotatable bonds is 5. The predicted molar refractivity (Wildman–Crippen MR) is 66.9 cm³/mol. The fourth-order valence-electron chi connectivity index (χ4n) is 1.37. The summed E-state index contributed by atoms with van der Waals surface area (Å²) in [6, 6.07) is 8.15. The lowest BCUT2D eigenvalue weighted by atomic mass is 10.0. The number of benzene rings is 1. The molecule has 0 amide bonds. The maximum absolute atomic E-state index is 9.53. The van der Waals surface area contributed by atoms with E-state index in [9.17, 15) is 5.11 Å². The van der Waals surface area contributed by atoms with Crippen molar-refractivity contribution in [2.24, 2.45) is 0 Å². The molecular weight excluding hydrogens is 200 g/mol. The Morgan fingerprint density at radius 3 is 2.19 bits per heavy atom. The third kappa shape index (κ3) is 4.67. The van der Waals surface area contributed by atoms with Crippen LogP contribution in [-0.4, -0.2) is 17.3 Å². The van der Waals surface area contributed by atoms with E-state index in [2.05, 4.69) is 26.0 Å². The highest BCUT2D eigenvalue weighted by Crippen LogP contribution is 2.19. The highest BCUT2D eigenvalue weighted by molar-refractivity contribution is 5.28. The van der Waals surface area contributed by atoms with Crippen LogP contribution >= 0.6 is 0 Å². The first kappa shape index (κ1) is 13.0. The molecule has 1 rings (SSSR count). The quantitative estimate of drug-likeness (QED) is 0.828. The Kier molecular flexibility index (Phi) is 4.36. The smallest absolute Gasteiger partial charge is 0.119 e. The molecule has 1 N–H and O–H groups in total. The van der Waals surface area contributed by atoms with Crippen molar-refractivity contribution in [3.8, 4) is 5.75 Å². The van der Waals surface area contributed by atoms with E-state index in [-0.39, 0.29) is 0 Å². The molecule has 0 spiro atoms. The molecule has 16 heavy (non-hydrogen) atoms. The summed E-state index contributed by atoms with van der Waals surface area (Å²) in [4.78, 5) is 0. The van der Waals surface area contributed by atoms with Gasteiger partial charge in [0.2, 0.25) is 0 Å². The van der Waals surface area contributed by atoms with Gasteiger partial charge >= 0.3 is 0 Å². The molecule has 0 fully saturated rings. The van der Waals surface area contributed by atoms with Gasteiger partial charge in [-0.25, -0.2) is 0 Å². The molecule has 0 bridgehead atoms. The molecular formula is C14H22O2. The number of ether oxygens (including phenoxy) is 1. The van der Waals surface area contributed by atoms with E-state index in [0.29, 0.717) is 18.9 Å². The summed E-state index contributed by atoms with van der Waals surface area (Å²) in [6.45, 7) is 8.47. The van der Waals surface area contributed by atoms with Crippen molar-refractivity contribution < 1.29 is 9.84 Å². The molecule has 2 heteroatoms. The first-order chi connectivity index (χ1) is 7.38. The Labute approximate surface area is 98.3 Å². The summed E-state index contributed by atoms with van der Waals surface area (Å²) >= 11 is 0. The van der Waals surface area contributed by atoms with E-state index in [1.165, 1.54) is 5.56 Å². The molecule has 0 unspecified atom stereocenters. The first-order valence-electron chi connectivity index (χ1n) is 5.83. The summed E-state index contributed by atoms with van der Waals surface area (Å²) < 4.78 is 5.56. The second-order valence-electron chi connectivity index (χ2n) is 5.13. The predicted octanol–water partition coefficient (Wildman–Crippen LogP) is 3.35. The molecule has 1 aromatic rings. The second kappa shape index (κ2) is 5.35. The minimum Gasteiger partial charge on any atom is -0.493 e. The average Bonchev–Trinajstić information content (AvgIpc) is 2.16. The van der Waals surface area contributed by atoms with E-state index in [1.807, 2.05) is 12.1 Å². The van der Waals surface area contributed by atoms with Crippen LogP contribution in [0.4, 0.5) is 0 Å². The topological polar surface area (TPSA) is 29.5 Å². The van der Waals surface area contributed by atoms with Crippen molar-refractivity contribution in [1.29, 1.82) is 0 Å². The molecule has 0 aromatic heterocycles. The van der Waals surface area contributed by atoms with Crippen LogP contribution < -0.4 is 4.74 Å². The average molecular weight is 222 g/mol. The van der Waals surface area contributed by atoms with Gasteiger partial charge in [0.1, 0.15) is 5.75 Å². The van der Waals surface area contributed by atoms with Gasteiger partial charge in [0, 0.05) is 6.42 Å². The summed E-state index contributed by atoms with van der Waals surface area (Å²) in [5, 5.41) is 9.53. The lowest BCUT2D eigenvalue weighted by Crippen LogP contribution is -2.21. The van der Waals surface area contributed by atoms with Crippen LogP contribution in [-0.2, 0) is 0 Å². The van der Waals surface area contributed by atoms with Gasteiger partial charge in [-0.2, -0.15) is 0 Å². The van der Waals surface area contributed by atoms with Crippen LogP contribution in [0.15, 0.2) is 24.3 Å². The van der Waals surface area contributed by atoms with Gasteiger partial charge in [-0.15, -0.1) is 0 Å². The van der Waals surface area contributed by atoms with E-state index < -0.39 is 5.60 Å². The van der Waals surface area contributed by atoms with Gasteiger partial charge in [0.15, 0.2) is 0 Å². The van der Waals surface area contributed by atoms with Crippen molar-refractivity contribution in [1.82, 2.24) is 0 Å². The van der Waals surface area contributed by atoms with Crippen LogP contribution in [0.2, 0.25) is 0 Å². The lowest BCUT2D eigenvalue weighted by molar-refractivity contribution is 0.0553. The summed E-state index contributed by atoms with van der Waals surface area (Å²) in [5.41, 5.74) is 0.660. The molecule has 0 aliphatic carbocycles. The molecule has 0 aliphatic heterocycles. The van der Waals surface area contributed by atoms with Crippen molar-refractivity contribution in [2.45, 2.75) is 45.6 Å². The van der Waals surface area contributed by atoms with Gasteiger partial charge in [0.05, 0.1) is 12.2 Å². The zero-order chi connectivity index (χ0) is 12.2. The molecule has 0 heterocycles. The maximum atomic E-state index is 9.53. The molecule has 0 saturated heterocycles. The van der Waals surface area contributed by atoms with Crippen molar-refractivity contribution >= 4 is 0 Å². The maximum Gasteiger partial charge on any atom is 0.119 e. The number of hydrogen-bond acceptors (Lipinski definition) is 2. The zero-order valence-corrected chi connectivity index (χ0v) is 10.7. The van der Waals surface area contributed by atoms with Gasteiger partial charge < -0.3 is 9.84 Å². The SMILES string of the molecule is CC(C)c1ccc(OCCC(C)(C)O)cc1. The van der Waals surface area contributed by atoms with Crippen molar-refractivity contribution in [3.05, 3.63) is 29.8 Å². The third-order valence-electron chi connectivity index (χ3n) is 2.53. The monoisotopic (exact) mass is 222 g/mol. The second-order valence-corrected chi connectivity index (χ2v) is 5.13. The highest BCUT2D eigenvalue weighted by atomic mass is 16.5. The van der Waals surface area contributed by atoms with E-state index in [1.54, 1.807) is 13.8 Å².